The Labute approximate surface area is 177 Å². The molecule has 0 heterocycles. The Bertz CT molecular complexity index is 1380. The van der Waals surface area contributed by atoms with Crippen LogP contribution in [0.2, 0.25) is 0 Å². The molecule has 0 amide bonds. The van der Waals surface area contributed by atoms with E-state index in [4.69, 9.17) is 9.88 Å². The Kier molecular flexibility index (Phi) is 4.83. The van der Waals surface area contributed by atoms with Crippen LogP contribution >= 0.6 is 0 Å². The minimum absolute atomic E-state index is 0.000513. The van der Waals surface area contributed by atoms with E-state index in [-0.39, 0.29) is 10.3 Å². The predicted octanol–water partition coefficient (Wildman–Crippen LogP) is 5.61. The summed E-state index contributed by atoms with van der Waals surface area (Å²) in [6.07, 6.45) is 0. The molecule has 0 aliphatic carbocycles. The summed E-state index contributed by atoms with van der Waals surface area (Å²) in [5.74, 6) is 0.604. The first-order valence-corrected chi connectivity index (χ1v) is 11.3. The average Bonchev–Trinajstić information content (AvgIpc) is 2.70. The average molecular weight is 420 g/mol. The first-order valence-electron chi connectivity index (χ1n) is 9.77. The Morgan fingerprint density at radius 3 is 2.13 bits per heavy atom. The summed E-state index contributed by atoms with van der Waals surface area (Å²) in [7, 11) is -2.36. The Morgan fingerprint density at radius 1 is 0.800 bits per heavy atom. The molecule has 0 radical (unpaired) electrons. The van der Waals surface area contributed by atoms with E-state index in [0.717, 1.165) is 27.1 Å². The normalized spacial score (nSPS) is 12.4. The largest absolute Gasteiger partial charge is 0.496 e. The van der Waals surface area contributed by atoms with Crippen LogP contribution in [0.4, 0.5) is 0 Å². The van der Waals surface area contributed by atoms with Crippen molar-refractivity contribution in [1.29, 1.82) is 0 Å². The molecule has 0 aliphatic heterocycles. The van der Waals surface area contributed by atoms with Gasteiger partial charge < -0.3 is 4.74 Å². The molecule has 0 saturated heterocycles. The van der Waals surface area contributed by atoms with E-state index in [1.165, 1.54) is 5.56 Å². The number of primary sulfonamides is 1. The zero-order chi connectivity index (χ0) is 21.7. The Hall–Kier alpha value is -2.89. The highest BCUT2D eigenvalue weighted by Gasteiger charge is 2.23. The standard InChI is InChI=1S/C25H25NO3S/c1-25(2,3)18-11-12-20-17(15-18)9-13-21(29-4)23(20)24-19-8-6-5-7-16(19)10-14-22(24)30(26,27)28/h5-15H,1-4H3,(H2,26,27,28). The SMILES string of the molecule is COc1ccc2cc(C(C)(C)C)ccc2c1-c1c(S(N)(=O)=O)ccc2ccccc12. The van der Waals surface area contributed by atoms with Crippen LogP contribution in [0.5, 0.6) is 5.75 Å². The van der Waals surface area contributed by atoms with Crippen molar-refractivity contribution in [3.8, 4) is 16.9 Å². The maximum atomic E-state index is 12.5. The highest BCUT2D eigenvalue weighted by Crippen LogP contribution is 2.44. The summed E-state index contributed by atoms with van der Waals surface area (Å²) in [5, 5.41) is 9.32. The van der Waals surface area contributed by atoms with Crippen molar-refractivity contribution in [1.82, 2.24) is 0 Å². The van der Waals surface area contributed by atoms with Gasteiger partial charge in [-0.3, -0.25) is 0 Å². The van der Waals surface area contributed by atoms with Gasteiger partial charge in [-0.2, -0.15) is 0 Å². The van der Waals surface area contributed by atoms with Gasteiger partial charge in [-0.25, -0.2) is 13.6 Å². The summed E-state index contributed by atoms with van der Waals surface area (Å²) in [6.45, 7) is 6.51. The van der Waals surface area contributed by atoms with Gasteiger partial charge >= 0.3 is 0 Å². The fourth-order valence-electron chi connectivity index (χ4n) is 3.95. The third-order valence-electron chi connectivity index (χ3n) is 5.51. The summed E-state index contributed by atoms with van der Waals surface area (Å²) < 4.78 is 30.7. The molecular formula is C25H25NO3S. The molecule has 154 valence electrons. The van der Waals surface area contributed by atoms with E-state index in [1.54, 1.807) is 19.2 Å². The molecule has 2 N–H and O–H groups in total. The van der Waals surface area contributed by atoms with E-state index >= 15 is 0 Å². The van der Waals surface area contributed by atoms with Gasteiger partial charge in [-0.05, 0) is 44.7 Å². The molecule has 0 aliphatic rings. The Balaban J connectivity index is 2.20. The molecule has 5 heteroatoms. The molecule has 4 rings (SSSR count). The lowest BCUT2D eigenvalue weighted by atomic mass is 9.84. The second kappa shape index (κ2) is 7.11. The lowest BCUT2D eigenvalue weighted by molar-refractivity contribution is 0.417. The number of fused-ring (bicyclic) bond motifs is 2. The molecule has 0 atom stereocenters. The van der Waals surface area contributed by atoms with Crippen molar-refractivity contribution in [2.75, 3.05) is 7.11 Å². The predicted molar refractivity (Wildman–Crippen MR) is 124 cm³/mol. The van der Waals surface area contributed by atoms with Crippen molar-refractivity contribution >= 4 is 31.6 Å². The van der Waals surface area contributed by atoms with Crippen LogP contribution < -0.4 is 9.88 Å². The maximum absolute atomic E-state index is 12.5. The fraction of sp³-hybridized carbons (Fsp3) is 0.200. The fourth-order valence-corrected chi connectivity index (χ4v) is 4.71. The minimum Gasteiger partial charge on any atom is -0.496 e. The second-order valence-corrected chi connectivity index (χ2v) is 10.1. The number of methoxy groups -OCH3 is 1. The van der Waals surface area contributed by atoms with Crippen LogP contribution in [0, 0.1) is 0 Å². The van der Waals surface area contributed by atoms with Gasteiger partial charge in [0.25, 0.3) is 0 Å². The molecular weight excluding hydrogens is 394 g/mol. The van der Waals surface area contributed by atoms with Crippen LogP contribution in [-0.2, 0) is 15.4 Å². The molecule has 30 heavy (non-hydrogen) atoms. The molecule has 4 aromatic rings. The second-order valence-electron chi connectivity index (χ2n) is 8.53. The monoisotopic (exact) mass is 419 g/mol. The number of benzene rings is 4. The highest BCUT2D eigenvalue weighted by molar-refractivity contribution is 7.89. The van der Waals surface area contributed by atoms with Crippen LogP contribution in [0.25, 0.3) is 32.7 Å². The number of ether oxygens (including phenoxy) is 1. The van der Waals surface area contributed by atoms with Gasteiger partial charge in [-0.15, -0.1) is 0 Å². The number of rotatable bonds is 3. The van der Waals surface area contributed by atoms with Gasteiger partial charge in [0.15, 0.2) is 0 Å². The lowest BCUT2D eigenvalue weighted by Crippen LogP contribution is -2.14. The zero-order valence-corrected chi connectivity index (χ0v) is 18.4. The number of hydrogen-bond donors (Lipinski definition) is 1. The smallest absolute Gasteiger partial charge is 0.238 e. The van der Waals surface area contributed by atoms with Crippen molar-refractivity contribution in [2.24, 2.45) is 5.14 Å². The summed E-state index contributed by atoms with van der Waals surface area (Å²) in [6, 6.07) is 21.3. The minimum atomic E-state index is -3.95. The quantitative estimate of drug-likeness (QED) is 0.469. The molecule has 4 aromatic carbocycles. The molecule has 0 bridgehead atoms. The molecule has 4 nitrogen and oxygen atoms in total. The third-order valence-corrected chi connectivity index (χ3v) is 6.47. The van der Waals surface area contributed by atoms with Crippen molar-refractivity contribution < 1.29 is 13.2 Å². The number of hydrogen-bond acceptors (Lipinski definition) is 3. The van der Waals surface area contributed by atoms with E-state index in [2.05, 4.69) is 32.9 Å². The van der Waals surface area contributed by atoms with Crippen molar-refractivity contribution in [3.63, 3.8) is 0 Å². The molecule has 0 aromatic heterocycles. The molecule has 0 unspecified atom stereocenters. The number of sulfonamides is 1. The van der Waals surface area contributed by atoms with Gasteiger partial charge in [0, 0.05) is 11.1 Å². The topological polar surface area (TPSA) is 69.4 Å². The first kappa shape index (κ1) is 20.4. The third kappa shape index (κ3) is 3.44. The van der Waals surface area contributed by atoms with Crippen LogP contribution in [0.3, 0.4) is 0 Å². The molecule has 0 spiro atoms. The molecule has 0 fully saturated rings. The summed E-state index contributed by atoms with van der Waals surface area (Å²) in [4.78, 5) is 0.0897. The van der Waals surface area contributed by atoms with E-state index in [9.17, 15) is 8.42 Å². The Morgan fingerprint density at radius 2 is 1.47 bits per heavy atom. The van der Waals surface area contributed by atoms with Crippen LogP contribution in [0.1, 0.15) is 26.3 Å². The van der Waals surface area contributed by atoms with E-state index in [1.807, 2.05) is 42.5 Å². The van der Waals surface area contributed by atoms with Gasteiger partial charge in [0.2, 0.25) is 10.0 Å². The number of nitrogens with two attached hydrogens (primary N) is 1. The van der Waals surface area contributed by atoms with Crippen LogP contribution in [0.15, 0.2) is 71.6 Å². The van der Waals surface area contributed by atoms with E-state index < -0.39 is 10.0 Å². The van der Waals surface area contributed by atoms with Gasteiger partial charge in [0.05, 0.1) is 12.0 Å². The van der Waals surface area contributed by atoms with Crippen molar-refractivity contribution in [2.45, 2.75) is 31.1 Å². The summed E-state index contributed by atoms with van der Waals surface area (Å²) in [5.41, 5.74) is 2.51. The molecule has 0 saturated carbocycles. The van der Waals surface area contributed by atoms with Gasteiger partial charge in [0.1, 0.15) is 5.75 Å². The van der Waals surface area contributed by atoms with Crippen molar-refractivity contribution in [3.05, 3.63) is 72.3 Å². The first-order chi connectivity index (χ1) is 14.1. The zero-order valence-electron chi connectivity index (χ0n) is 17.6. The van der Waals surface area contributed by atoms with Crippen LogP contribution in [-0.4, -0.2) is 15.5 Å². The lowest BCUT2D eigenvalue weighted by Gasteiger charge is -2.21. The maximum Gasteiger partial charge on any atom is 0.238 e. The van der Waals surface area contributed by atoms with E-state index in [0.29, 0.717) is 11.3 Å². The summed E-state index contributed by atoms with van der Waals surface area (Å²) >= 11 is 0. The van der Waals surface area contributed by atoms with Gasteiger partial charge in [-0.1, -0.05) is 75.4 Å². The highest BCUT2D eigenvalue weighted by atomic mass is 32.2.